The second kappa shape index (κ2) is 7.16. The zero-order chi connectivity index (χ0) is 14.4. The minimum Gasteiger partial charge on any atom is -0.497 e. The summed E-state index contributed by atoms with van der Waals surface area (Å²) in [5, 5.41) is 12.6. The molecule has 108 valence electrons. The van der Waals surface area contributed by atoms with E-state index in [1.54, 1.807) is 7.11 Å². The van der Waals surface area contributed by atoms with E-state index < -0.39 is 0 Å². The van der Waals surface area contributed by atoms with Crippen LogP contribution in [0.2, 0.25) is 0 Å². The second-order valence-corrected chi connectivity index (χ2v) is 5.23. The molecule has 1 atom stereocenters. The van der Waals surface area contributed by atoms with E-state index in [0.29, 0.717) is 6.04 Å². The predicted molar refractivity (Wildman–Crippen MR) is 81.2 cm³/mol. The Kier molecular flexibility index (Phi) is 5.25. The third kappa shape index (κ3) is 3.23. The van der Waals surface area contributed by atoms with Gasteiger partial charge in [0.15, 0.2) is 0 Å². The summed E-state index contributed by atoms with van der Waals surface area (Å²) in [6, 6.07) is 8.53. The van der Waals surface area contributed by atoms with E-state index in [1.165, 1.54) is 19.3 Å². The van der Waals surface area contributed by atoms with E-state index >= 15 is 0 Å². The van der Waals surface area contributed by atoms with Crippen molar-refractivity contribution in [2.75, 3.05) is 32.1 Å². The van der Waals surface area contributed by atoms with Gasteiger partial charge in [-0.3, -0.25) is 0 Å². The van der Waals surface area contributed by atoms with E-state index in [2.05, 4.69) is 16.3 Å². The molecule has 4 nitrogen and oxygen atoms in total. The Morgan fingerprint density at radius 2 is 2.30 bits per heavy atom. The molecule has 1 aliphatic rings. The number of hydrogen-bond donors (Lipinski definition) is 1. The van der Waals surface area contributed by atoms with Crippen LogP contribution in [0.4, 0.5) is 5.69 Å². The molecule has 1 aromatic carbocycles. The average molecular weight is 273 g/mol. The molecule has 1 aliphatic heterocycles. The maximum atomic E-state index is 9.35. The molecule has 1 aromatic rings. The number of methoxy groups -OCH3 is 1. The summed E-state index contributed by atoms with van der Waals surface area (Å²) < 4.78 is 5.31. The summed E-state index contributed by atoms with van der Waals surface area (Å²) in [7, 11) is 3.65. The first-order chi connectivity index (χ1) is 9.80. The fraction of sp³-hybridized carbons (Fsp3) is 0.562. The number of nitriles is 1. The fourth-order valence-corrected chi connectivity index (χ4v) is 2.90. The van der Waals surface area contributed by atoms with Gasteiger partial charge in [0.2, 0.25) is 0 Å². The third-order valence-corrected chi connectivity index (χ3v) is 3.99. The highest BCUT2D eigenvalue weighted by molar-refractivity contribution is 5.63. The second-order valence-electron chi connectivity index (χ2n) is 5.23. The van der Waals surface area contributed by atoms with Crippen molar-refractivity contribution in [1.82, 2.24) is 5.32 Å². The highest BCUT2D eigenvalue weighted by atomic mass is 16.5. The van der Waals surface area contributed by atoms with Gasteiger partial charge in [-0.15, -0.1) is 0 Å². The van der Waals surface area contributed by atoms with Crippen LogP contribution in [0.1, 0.15) is 31.2 Å². The molecular formula is C16H23N3O. The minimum absolute atomic E-state index is 0.510. The fourth-order valence-electron chi connectivity index (χ4n) is 2.90. The van der Waals surface area contributed by atoms with Crippen LogP contribution in [0.3, 0.4) is 0 Å². The SMILES string of the molecule is CNCCC1CCCCN1c1cc(OC)ccc1C#N. The van der Waals surface area contributed by atoms with Gasteiger partial charge in [-0.05, 0) is 51.4 Å². The molecule has 0 aromatic heterocycles. The highest BCUT2D eigenvalue weighted by Gasteiger charge is 2.24. The number of piperidine rings is 1. The number of anilines is 1. The van der Waals surface area contributed by atoms with Gasteiger partial charge in [-0.2, -0.15) is 5.26 Å². The molecule has 1 heterocycles. The van der Waals surface area contributed by atoms with Crippen LogP contribution >= 0.6 is 0 Å². The molecule has 0 saturated carbocycles. The van der Waals surface area contributed by atoms with E-state index in [1.807, 2.05) is 25.2 Å². The number of nitrogens with one attached hydrogen (secondary N) is 1. The number of nitrogens with zero attached hydrogens (tertiary/aromatic N) is 2. The Bertz CT molecular complexity index is 481. The van der Waals surface area contributed by atoms with Crippen molar-refractivity contribution in [2.45, 2.75) is 31.7 Å². The molecule has 0 spiro atoms. The zero-order valence-corrected chi connectivity index (χ0v) is 12.4. The largest absolute Gasteiger partial charge is 0.497 e. The summed E-state index contributed by atoms with van der Waals surface area (Å²) in [6.45, 7) is 2.03. The van der Waals surface area contributed by atoms with Crippen LogP contribution < -0.4 is 15.0 Å². The van der Waals surface area contributed by atoms with Crippen molar-refractivity contribution in [2.24, 2.45) is 0 Å². The van der Waals surface area contributed by atoms with Crippen molar-refractivity contribution in [3.05, 3.63) is 23.8 Å². The van der Waals surface area contributed by atoms with E-state index in [9.17, 15) is 5.26 Å². The van der Waals surface area contributed by atoms with Gasteiger partial charge in [-0.1, -0.05) is 0 Å². The van der Waals surface area contributed by atoms with Gasteiger partial charge in [0.1, 0.15) is 11.8 Å². The van der Waals surface area contributed by atoms with Crippen LogP contribution in [0.25, 0.3) is 0 Å². The molecule has 0 amide bonds. The smallest absolute Gasteiger partial charge is 0.121 e. The highest BCUT2D eigenvalue weighted by Crippen LogP contribution is 2.31. The summed E-state index contributed by atoms with van der Waals surface area (Å²) in [4.78, 5) is 2.39. The van der Waals surface area contributed by atoms with Crippen LogP contribution in [-0.2, 0) is 0 Å². The first kappa shape index (κ1) is 14.7. The molecule has 1 saturated heterocycles. The van der Waals surface area contributed by atoms with Crippen molar-refractivity contribution >= 4 is 5.69 Å². The summed E-state index contributed by atoms with van der Waals surface area (Å²) in [6.07, 6.45) is 4.78. The Hall–Kier alpha value is -1.73. The van der Waals surface area contributed by atoms with E-state index in [-0.39, 0.29) is 0 Å². The maximum absolute atomic E-state index is 9.35. The minimum atomic E-state index is 0.510. The van der Waals surface area contributed by atoms with Crippen molar-refractivity contribution < 1.29 is 4.74 Å². The number of rotatable bonds is 5. The standard InChI is InChI=1S/C16H23N3O/c1-18-9-8-14-5-3-4-10-19(14)16-11-15(20-2)7-6-13(16)12-17/h6-7,11,14,18H,3-5,8-10H2,1-2H3. The molecular weight excluding hydrogens is 250 g/mol. The van der Waals surface area contributed by atoms with Gasteiger partial charge in [0.25, 0.3) is 0 Å². The van der Waals surface area contributed by atoms with Gasteiger partial charge in [-0.25, -0.2) is 0 Å². The molecule has 1 fully saturated rings. The Balaban J connectivity index is 2.28. The molecule has 0 radical (unpaired) electrons. The van der Waals surface area contributed by atoms with E-state index in [4.69, 9.17) is 4.74 Å². The van der Waals surface area contributed by atoms with Crippen molar-refractivity contribution in [1.29, 1.82) is 5.26 Å². The van der Waals surface area contributed by atoms with Gasteiger partial charge >= 0.3 is 0 Å². The zero-order valence-electron chi connectivity index (χ0n) is 12.4. The quantitative estimate of drug-likeness (QED) is 0.895. The third-order valence-electron chi connectivity index (χ3n) is 3.99. The molecule has 0 aliphatic carbocycles. The van der Waals surface area contributed by atoms with Crippen molar-refractivity contribution in [3.63, 3.8) is 0 Å². The van der Waals surface area contributed by atoms with Gasteiger partial charge in [0, 0.05) is 18.7 Å². The monoisotopic (exact) mass is 273 g/mol. The maximum Gasteiger partial charge on any atom is 0.121 e. The Morgan fingerprint density at radius 3 is 3.00 bits per heavy atom. The summed E-state index contributed by atoms with van der Waals surface area (Å²) in [5.41, 5.74) is 1.76. The molecule has 2 rings (SSSR count). The summed E-state index contributed by atoms with van der Waals surface area (Å²) >= 11 is 0. The lowest BCUT2D eigenvalue weighted by molar-refractivity contribution is 0.411. The molecule has 20 heavy (non-hydrogen) atoms. The summed E-state index contributed by atoms with van der Waals surface area (Å²) in [5.74, 6) is 0.817. The lowest BCUT2D eigenvalue weighted by Crippen LogP contribution is -2.41. The van der Waals surface area contributed by atoms with Crippen LogP contribution in [0.5, 0.6) is 5.75 Å². The molecule has 0 bridgehead atoms. The number of hydrogen-bond acceptors (Lipinski definition) is 4. The number of benzene rings is 1. The molecule has 1 N–H and O–H groups in total. The molecule has 4 heteroatoms. The lowest BCUT2D eigenvalue weighted by atomic mass is 9.97. The van der Waals surface area contributed by atoms with Crippen LogP contribution in [0, 0.1) is 11.3 Å². The van der Waals surface area contributed by atoms with E-state index in [0.717, 1.165) is 36.5 Å². The Labute approximate surface area is 121 Å². The van der Waals surface area contributed by atoms with Crippen LogP contribution in [0.15, 0.2) is 18.2 Å². The topological polar surface area (TPSA) is 48.3 Å². The number of ether oxygens (including phenoxy) is 1. The predicted octanol–water partition coefficient (Wildman–Crippen LogP) is 2.54. The normalized spacial score (nSPS) is 18.6. The lowest BCUT2D eigenvalue weighted by Gasteiger charge is -2.38. The van der Waals surface area contributed by atoms with Gasteiger partial charge in [0.05, 0.1) is 18.4 Å². The first-order valence-electron chi connectivity index (χ1n) is 7.29. The van der Waals surface area contributed by atoms with Crippen LogP contribution in [-0.4, -0.2) is 33.3 Å². The Morgan fingerprint density at radius 1 is 1.45 bits per heavy atom. The average Bonchev–Trinajstić information content (AvgIpc) is 2.52. The van der Waals surface area contributed by atoms with Gasteiger partial charge < -0.3 is 15.0 Å². The van der Waals surface area contributed by atoms with Crippen molar-refractivity contribution in [3.8, 4) is 11.8 Å². The molecule has 1 unspecified atom stereocenters. The first-order valence-corrected chi connectivity index (χ1v) is 7.29.